The van der Waals surface area contributed by atoms with Crippen LogP contribution in [0.3, 0.4) is 0 Å². The molecule has 1 rings (SSSR count). The molecule has 0 aromatic heterocycles. The van der Waals surface area contributed by atoms with E-state index in [9.17, 15) is 9.59 Å². The van der Waals surface area contributed by atoms with Crippen LogP contribution in [-0.4, -0.2) is 22.6 Å². The van der Waals surface area contributed by atoms with Gasteiger partial charge in [0.1, 0.15) is 0 Å². The number of benzene rings is 1. The molecule has 0 aliphatic heterocycles. The van der Waals surface area contributed by atoms with Gasteiger partial charge in [-0.05, 0) is 45.7 Å². The summed E-state index contributed by atoms with van der Waals surface area (Å²) in [4.78, 5) is 22.5. The van der Waals surface area contributed by atoms with Gasteiger partial charge in [0.15, 0.2) is 0 Å². The first kappa shape index (κ1) is 16.0. The van der Waals surface area contributed by atoms with E-state index in [4.69, 9.17) is 5.11 Å². The highest BCUT2D eigenvalue weighted by Crippen LogP contribution is 2.17. The zero-order valence-electron chi connectivity index (χ0n) is 12.4. The van der Waals surface area contributed by atoms with E-state index >= 15 is 0 Å². The van der Waals surface area contributed by atoms with Gasteiger partial charge in [-0.2, -0.15) is 0 Å². The molecular weight excluding hydrogens is 256 g/mol. The van der Waals surface area contributed by atoms with E-state index in [-0.39, 0.29) is 12.5 Å². The fourth-order valence-corrected chi connectivity index (χ4v) is 1.90. The summed E-state index contributed by atoms with van der Waals surface area (Å²) >= 11 is 0. The number of rotatable bonds is 5. The maximum atomic E-state index is 11.9. The highest BCUT2D eigenvalue weighted by atomic mass is 16.4. The number of hydrogen-bond acceptors (Lipinski definition) is 2. The highest BCUT2D eigenvalue weighted by molar-refractivity contribution is 5.90. The molecule has 0 heterocycles. The number of aliphatic carboxylic acids is 1. The van der Waals surface area contributed by atoms with Gasteiger partial charge in [0.2, 0.25) is 0 Å². The number of amides is 2. The van der Waals surface area contributed by atoms with Gasteiger partial charge in [0, 0.05) is 17.6 Å². The first-order chi connectivity index (χ1) is 9.19. The molecule has 3 N–H and O–H groups in total. The molecular formula is C15H22N2O3. The van der Waals surface area contributed by atoms with Crippen LogP contribution in [-0.2, 0) is 4.79 Å². The second kappa shape index (κ2) is 6.41. The molecule has 5 nitrogen and oxygen atoms in total. The molecule has 1 aromatic rings. The van der Waals surface area contributed by atoms with E-state index in [0.717, 1.165) is 16.8 Å². The third-order valence-corrected chi connectivity index (χ3v) is 3.05. The largest absolute Gasteiger partial charge is 0.481 e. The van der Waals surface area contributed by atoms with Crippen molar-refractivity contribution in [3.8, 4) is 0 Å². The van der Waals surface area contributed by atoms with E-state index in [1.807, 2.05) is 32.0 Å². The first-order valence-electron chi connectivity index (χ1n) is 6.58. The summed E-state index contributed by atoms with van der Waals surface area (Å²) in [6, 6.07) is 5.45. The Labute approximate surface area is 119 Å². The van der Waals surface area contributed by atoms with Crippen LogP contribution in [0, 0.1) is 13.8 Å². The zero-order valence-corrected chi connectivity index (χ0v) is 12.4. The molecule has 0 spiro atoms. The van der Waals surface area contributed by atoms with Crippen molar-refractivity contribution in [2.75, 3.05) is 5.32 Å². The normalized spacial score (nSPS) is 11.0. The van der Waals surface area contributed by atoms with Crippen LogP contribution in [0.2, 0.25) is 0 Å². The number of hydrogen-bond donors (Lipinski definition) is 3. The Balaban J connectivity index is 2.60. The fourth-order valence-electron chi connectivity index (χ4n) is 1.90. The molecule has 2 amide bonds. The first-order valence-corrected chi connectivity index (χ1v) is 6.58. The van der Waals surface area contributed by atoms with Gasteiger partial charge in [0.25, 0.3) is 0 Å². The number of urea groups is 1. The van der Waals surface area contributed by atoms with Crippen LogP contribution in [0.25, 0.3) is 0 Å². The Morgan fingerprint density at radius 1 is 1.25 bits per heavy atom. The quantitative estimate of drug-likeness (QED) is 0.774. The SMILES string of the molecule is Cc1ccc(NC(=O)NC(C)(C)CCC(=O)O)c(C)c1. The number of carbonyl (C=O) groups excluding carboxylic acids is 1. The van der Waals surface area contributed by atoms with Gasteiger partial charge >= 0.3 is 12.0 Å². The highest BCUT2D eigenvalue weighted by Gasteiger charge is 2.21. The Bertz CT molecular complexity index is 510. The lowest BCUT2D eigenvalue weighted by atomic mass is 9.99. The number of carboxylic acids is 1. The summed E-state index contributed by atoms with van der Waals surface area (Å²) in [6.07, 6.45) is 0.402. The van der Waals surface area contributed by atoms with Gasteiger partial charge in [-0.1, -0.05) is 17.7 Å². The minimum atomic E-state index is -0.866. The molecule has 1 aromatic carbocycles. The lowest BCUT2D eigenvalue weighted by molar-refractivity contribution is -0.137. The molecule has 0 saturated carbocycles. The number of carbonyl (C=O) groups is 2. The Morgan fingerprint density at radius 3 is 2.45 bits per heavy atom. The summed E-state index contributed by atoms with van der Waals surface area (Å²) in [5, 5.41) is 14.3. The second-order valence-electron chi connectivity index (χ2n) is 5.68. The minimum absolute atomic E-state index is 0.0246. The smallest absolute Gasteiger partial charge is 0.319 e. The summed E-state index contributed by atoms with van der Waals surface area (Å²) in [5.41, 5.74) is 2.31. The average molecular weight is 278 g/mol. The number of carboxylic acid groups (broad SMARTS) is 1. The van der Waals surface area contributed by atoms with Crippen LogP contribution < -0.4 is 10.6 Å². The van der Waals surface area contributed by atoms with Crippen molar-refractivity contribution in [1.82, 2.24) is 5.32 Å². The van der Waals surface area contributed by atoms with E-state index in [2.05, 4.69) is 10.6 Å². The summed E-state index contributed by atoms with van der Waals surface area (Å²) < 4.78 is 0. The van der Waals surface area contributed by atoms with Crippen molar-refractivity contribution in [2.45, 2.75) is 46.1 Å². The number of anilines is 1. The fraction of sp³-hybridized carbons (Fsp3) is 0.467. The van der Waals surface area contributed by atoms with Gasteiger partial charge in [-0.3, -0.25) is 4.79 Å². The van der Waals surface area contributed by atoms with Crippen LogP contribution in [0.1, 0.15) is 37.8 Å². The standard InChI is InChI=1S/C15H22N2O3/c1-10-5-6-12(11(2)9-10)16-14(20)17-15(3,4)8-7-13(18)19/h5-6,9H,7-8H2,1-4H3,(H,18,19)(H2,16,17,20). The predicted molar refractivity (Wildman–Crippen MR) is 79.0 cm³/mol. The van der Waals surface area contributed by atoms with Crippen LogP contribution in [0.15, 0.2) is 18.2 Å². The maximum Gasteiger partial charge on any atom is 0.319 e. The number of nitrogens with one attached hydrogen (secondary N) is 2. The molecule has 0 aliphatic rings. The predicted octanol–water partition coefficient (Wildman–Crippen LogP) is 3.07. The molecule has 0 unspecified atom stereocenters. The summed E-state index contributed by atoms with van der Waals surface area (Å²) in [7, 11) is 0. The van der Waals surface area contributed by atoms with Crippen LogP contribution in [0.5, 0.6) is 0 Å². The molecule has 110 valence electrons. The van der Waals surface area contributed by atoms with Crippen molar-refractivity contribution in [3.63, 3.8) is 0 Å². The lowest BCUT2D eigenvalue weighted by Gasteiger charge is -2.26. The van der Waals surface area contributed by atoms with Crippen molar-refractivity contribution >= 4 is 17.7 Å². The Hall–Kier alpha value is -2.04. The molecule has 0 radical (unpaired) electrons. The number of aryl methyl sites for hydroxylation is 2. The molecule has 20 heavy (non-hydrogen) atoms. The van der Waals surface area contributed by atoms with Crippen LogP contribution in [0.4, 0.5) is 10.5 Å². The topological polar surface area (TPSA) is 78.4 Å². The molecule has 5 heteroatoms. The van der Waals surface area contributed by atoms with Gasteiger partial charge in [-0.25, -0.2) is 4.79 Å². The van der Waals surface area contributed by atoms with E-state index in [1.54, 1.807) is 13.8 Å². The van der Waals surface area contributed by atoms with Gasteiger partial charge in [0.05, 0.1) is 0 Å². The lowest BCUT2D eigenvalue weighted by Crippen LogP contribution is -2.45. The maximum absolute atomic E-state index is 11.9. The third kappa shape index (κ3) is 5.30. The van der Waals surface area contributed by atoms with E-state index < -0.39 is 11.5 Å². The molecule has 0 fully saturated rings. The van der Waals surface area contributed by atoms with Crippen molar-refractivity contribution in [2.24, 2.45) is 0 Å². The van der Waals surface area contributed by atoms with E-state index in [0.29, 0.717) is 6.42 Å². The second-order valence-corrected chi connectivity index (χ2v) is 5.68. The monoisotopic (exact) mass is 278 g/mol. The van der Waals surface area contributed by atoms with Crippen molar-refractivity contribution in [1.29, 1.82) is 0 Å². The summed E-state index contributed by atoms with van der Waals surface area (Å²) in [5.74, 6) is -0.866. The zero-order chi connectivity index (χ0) is 15.3. The summed E-state index contributed by atoms with van der Waals surface area (Å²) in [6.45, 7) is 7.53. The molecule has 0 bridgehead atoms. The Morgan fingerprint density at radius 2 is 1.90 bits per heavy atom. The van der Waals surface area contributed by atoms with Crippen molar-refractivity contribution < 1.29 is 14.7 Å². The third-order valence-electron chi connectivity index (χ3n) is 3.05. The minimum Gasteiger partial charge on any atom is -0.481 e. The van der Waals surface area contributed by atoms with Gasteiger partial charge < -0.3 is 15.7 Å². The molecule has 0 aliphatic carbocycles. The van der Waals surface area contributed by atoms with Gasteiger partial charge in [-0.15, -0.1) is 0 Å². The Kier molecular flexibility index (Phi) is 5.13. The molecule has 0 atom stereocenters. The van der Waals surface area contributed by atoms with Crippen molar-refractivity contribution in [3.05, 3.63) is 29.3 Å². The van der Waals surface area contributed by atoms with E-state index in [1.165, 1.54) is 0 Å². The molecule has 0 saturated heterocycles. The van der Waals surface area contributed by atoms with Crippen LogP contribution >= 0.6 is 0 Å². The average Bonchev–Trinajstić information content (AvgIpc) is 2.30.